The Morgan fingerprint density at radius 3 is 2.50 bits per heavy atom. The summed E-state index contributed by atoms with van der Waals surface area (Å²) in [5.74, 6) is -0.362. The van der Waals surface area contributed by atoms with E-state index in [2.05, 4.69) is 5.10 Å². The molecule has 0 spiro atoms. The van der Waals surface area contributed by atoms with Crippen molar-refractivity contribution in [3.05, 3.63) is 50.7 Å². The van der Waals surface area contributed by atoms with Gasteiger partial charge >= 0.3 is 0 Å². The number of hydrogen-bond acceptors (Lipinski definition) is 3. The zero-order valence-electron chi connectivity index (χ0n) is 10.6. The highest BCUT2D eigenvalue weighted by molar-refractivity contribution is 6.42. The lowest BCUT2D eigenvalue weighted by Crippen LogP contribution is -2.15. The molecule has 2 aromatic rings. The maximum atomic E-state index is 12.6. The zero-order valence-corrected chi connectivity index (χ0v) is 12.8. The largest absolute Gasteiger partial charge is 0.383 e. The predicted molar refractivity (Wildman–Crippen MR) is 79.0 cm³/mol. The molecule has 0 amide bonds. The van der Waals surface area contributed by atoms with E-state index in [1.807, 2.05) is 0 Å². The fourth-order valence-electron chi connectivity index (χ4n) is 1.77. The number of carbonyl (C=O) groups excluding carboxylic acids is 1. The summed E-state index contributed by atoms with van der Waals surface area (Å²) in [4.78, 5) is 12.6. The van der Waals surface area contributed by atoms with Crippen molar-refractivity contribution in [1.82, 2.24) is 9.78 Å². The maximum absolute atomic E-state index is 12.6. The summed E-state index contributed by atoms with van der Waals surface area (Å²) >= 11 is 18.1. The number of nitrogens with zero attached hydrogens (tertiary/aromatic N) is 2. The average Bonchev–Trinajstić information content (AvgIpc) is 2.77. The number of benzene rings is 1. The second kappa shape index (κ2) is 6.59. The Morgan fingerprint density at radius 2 is 1.90 bits per heavy atom. The molecule has 4 nitrogen and oxygen atoms in total. The Labute approximate surface area is 131 Å². The summed E-state index contributed by atoms with van der Waals surface area (Å²) in [7, 11) is 1.57. The molecule has 0 unspecified atom stereocenters. The molecule has 0 radical (unpaired) electrons. The second-order valence-corrected chi connectivity index (χ2v) is 5.20. The molecule has 0 N–H and O–H groups in total. The van der Waals surface area contributed by atoms with Crippen LogP contribution < -0.4 is 0 Å². The summed E-state index contributed by atoms with van der Waals surface area (Å²) in [6.45, 7) is 0.820. The van der Waals surface area contributed by atoms with Crippen LogP contribution in [0.1, 0.15) is 16.1 Å². The molecule has 1 aromatic carbocycles. The van der Waals surface area contributed by atoms with Crippen molar-refractivity contribution < 1.29 is 9.53 Å². The van der Waals surface area contributed by atoms with Gasteiger partial charge in [0.25, 0.3) is 0 Å². The fraction of sp³-hybridized carbons (Fsp3) is 0.231. The van der Waals surface area contributed by atoms with Crippen LogP contribution in [-0.4, -0.2) is 29.3 Å². The Kier molecular flexibility index (Phi) is 5.05. The molecule has 0 saturated carbocycles. The lowest BCUT2D eigenvalue weighted by molar-refractivity contribution is 0.102. The highest BCUT2D eigenvalue weighted by Crippen LogP contribution is 2.29. The minimum Gasteiger partial charge on any atom is -0.383 e. The Bertz CT molecular complexity index is 620. The predicted octanol–water partition coefficient (Wildman–Crippen LogP) is 3.72. The van der Waals surface area contributed by atoms with Gasteiger partial charge in [0.15, 0.2) is 0 Å². The summed E-state index contributed by atoms with van der Waals surface area (Å²) < 4.78 is 6.46. The Balaban J connectivity index is 2.46. The third-order valence-electron chi connectivity index (χ3n) is 2.71. The second-order valence-electron chi connectivity index (χ2n) is 3.98. The first-order chi connectivity index (χ1) is 9.56. The Hall–Kier alpha value is -1.07. The molecule has 0 saturated heterocycles. The van der Waals surface area contributed by atoms with Gasteiger partial charge in [0.1, 0.15) is 5.69 Å². The molecule has 20 heavy (non-hydrogen) atoms. The quantitative estimate of drug-likeness (QED) is 0.783. The van der Waals surface area contributed by atoms with Crippen molar-refractivity contribution in [2.45, 2.75) is 6.54 Å². The van der Waals surface area contributed by atoms with Crippen LogP contribution in [0.2, 0.25) is 15.1 Å². The smallest absolute Gasteiger partial charge is 0.215 e. The first-order valence-corrected chi connectivity index (χ1v) is 6.88. The van der Waals surface area contributed by atoms with E-state index in [9.17, 15) is 4.79 Å². The van der Waals surface area contributed by atoms with Crippen molar-refractivity contribution in [3.63, 3.8) is 0 Å². The molecule has 0 aliphatic rings. The van der Waals surface area contributed by atoms with Crippen molar-refractivity contribution in [2.24, 2.45) is 0 Å². The lowest BCUT2D eigenvalue weighted by Gasteiger charge is -2.09. The fourth-order valence-corrected chi connectivity index (χ4v) is 2.56. The van der Waals surface area contributed by atoms with Crippen molar-refractivity contribution in [3.8, 4) is 0 Å². The molecule has 1 heterocycles. The number of ether oxygens (including phenoxy) is 1. The van der Waals surface area contributed by atoms with Crippen LogP contribution in [0.4, 0.5) is 0 Å². The van der Waals surface area contributed by atoms with E-state index in [0.29, 0.717) is 13.2 Å². The molecule has 0 bridgehead atoms. The van der Waals surface area contributed by atoms with Gasteiger partial charge in [-0.25, -0.2) is 0 Å². The van der Waals surface area contributed by atoms with E-state index >= 15 is 0 Å². The number of rotatable bonds is 5. The van der Waals surface area contributed by atoms with Gasteiger partial charge in [-0.15, -0.1) is 0 Å². The normalized spacial score (nSPS) is 10.8. The van der Waals surface area contributed by atoms with Crippen LogP contribution in [0.15, 0.2) is 24.4 Å². The summed E-state index contributed by atoms with van der Waals surface area (Å²) in [6, 6.07) is 4.88. The monoisotopic (exact) mass is 332 g/mol. The van der Waals surface area contributed by atoms with Crippen LogP contribution in [0.5, 0.6) is 0 Å². The highest BCUT2D eigenvalue weighted by atomic mass is 35.5. The molecule has 0 aliphatic heterocycles. The molecule has 0 fully saturated rings. The third-order valence-corrected chi connectivity index (χ3v) is 3.61. The molecule has 0 atom stereocenters. The standard InChI is InChI=1S/C13H11Cl3N2O2/c1-20-6-5-18-12(10(16)7-17-18)13(19)11-8(14)3-2-4-9(11)15/h2-4,7H,5-6H2,1H3. The summed E-state index contributed by atoms with van der Waals surface area (Å²) in [5.41, 5.74) is 0.468. The van der Waals surface area contributed by atoms with Gasteiger partial charge in [-0.2, -0.15) is 5.10 Å². The maximum Gasteiger partial charge on any atom is 0.215 e. The van der Waals surface area contributed by atoms with Gasteiger partial charge in [0.05, 0.1) is 40.0 Å². The van der Waals surface area contributed by atoms with Crippen LogP contribution in [0.25, 0.3) is 0 Å². The molecular weight excluding hydrogens is 323 g/mol. The van der Waals surface area contributed by atoms with Gasteiger partial charge in [0.2, 0.25) is 5.78 Å². The first-order valence-electron chi connectivity index (χ1n) is 5.75. The number of aromatic nitrogens is 2. The highest BCUT2D eigenvalue weighted by Gasteiger charge is 2.23. The molecule has 1 aromatic heterocycles. The van der Waals surface area contributed by atoms with Crippen molar-refractivity contribution in [2.75, 3.05) is 13.7 Å². The zero-order chi connectivity index (χ0) is 14.7. The van der Waals surface area contributed by atoms with E-state index in [1.165, 1.54) is 10.9 Å². The number of methoxy groups -OCH3 is 1. The minimum absolute atomic E-state index is 0.219. The number of carbonyl (C=O) groups is 1. The summed E-state index contributed by atoms with van der Waals surface area (Å²) in [6.07, 6.45) is 1.41. The van der Waals surface area contributed by atoms with E-state index in [4.69, 9.17) is 39.5 Å². The molecular formula is C13H11Cl3N2O2. The molecule has 7 heteroatoms. The van der Waals surface area contributed by atoms with Crippen molar-refractivity contribution >= 4 is 40.6 Å². The van der Waals surface area contributed by atoms with Crippen LogP contribution >= 0.6 is 34.8 Å². The van der Waals surface area contributed by atoms with Gasteiger partial charge in [-0.3, -0.25) is 9.48 Å². The summed E-state index contributed by atoms with van der Waals surface area (Å²) in [5, 5.41) is 4.86. The number of halogens is 3. The van der Waals surface area contributed by atoms with Crippen LogP contribution in [0, 0.1) is 0 Å². The van der Waals surface area contributed by atoms with E-state index in [-0.39, 0.29) is 32.1 Å². The van der Waals surface area contributed by atoms with Crippen LogP contribution in [-0.2, 0) is 11.3 Å². The van der Waals surface area contributed by atoms with Gasteiger partial charge in [-0.05, 0) is 12.1 Å². The average molecular weight is 334 g/mol. The van der Waals surface area contributed by atoms with E-state index in [0.717, 1.165) is 0 Å². The van der Waals surface area contributed by atoms with Gasteiger partial charge in [-0.1, -0.05) is 40.9 Å². The SMILES string of the molecule is COCCn1ncc(Cl)c1C(=O)c1c(Cl)cccc1Cl. The topological polar surface area (TPSA) is 44.1 Å². The minimum atomic E-state index is -0.362. The van der Waals surface area contributed by atoms with E-state index < -0.39 is 0 Å². The number of ketones is 1. The lowest BCUT2D eigenvalue weighted by atomic mass is 10.1. The van der Waals surface area contributed by atoms with Gasteiger partial charge < -0.3 is 4.74 Å². The molecule has 0 aliphatic carbocycles. The van der Waals surface area contributed by atoms with Crippen molar-refractivity contribution in [1.29, 1.82) is 0 Å². The first kappa shape index (κ1) is 15.3. The number of hydrogen-bond donors (Lipinski definition) is 0. The molecule has 2 rings (SSSR count). The Morgan fingerprint density at radius 1 is 1.25 bits per heavy atom. The van der Waals surface area contributed by atoms with Gasteiger partial charge in [0, 0.05) is 7.11 Å². The van der Waals surface area contributed by atoms with Crippen LogP contribution in [0.3, 0.4) is 0 Å². The third kappa shape index (κ3) is 2.99. The van der Waals surface area contributed by atoms with E-state index in [1.54, 1.807) is 25.3 Å². The molecule has 106 valence electrons.